The van der Waals surface area contributed by atoms with Gasteiger partial charge in [0.1, 0.15) is 12.6 Å². The number of nitrogens with one attached hydrogen (secondary N) is 1. The van der Waals surface area contributed by atoms with Crippen molar-refractivity contribution in [2.45, 2.75) is 43.3 Å². The molecule has 2 aliphatic rings. The number of rotatable bonds is 8. The van der Waals surface area contributed by atoms with Gasteiger partial charge in [0.05, 0.1) is 12.0 Å². The van der Waals surface area contributed by atoms with Gasteiger partial charge in [0.2, 0.25) is 10.0 Å². The number of alkyl carbamates (subject to hydrolysis) is 1. The standard InChI is InChI=1S/C34H32N2O6S/c1-22-11-15-26(16-12-22)43(39,40)36-19-24-14-13-23(17-25(24)20-36)18-32(33(37)41-2)35-34(38)42-21-31-29-9-5-3-7-27(29)28-8-4-6-10-30(28)31/h3-17,31-32H,18-21H2,1-2H3,(H,35,38)/t32-/m0/s1. The highest BCUT2D eigenvalue weighted by Crippen LogP contribution is 2.44. The molecule has 6 rings (SSSR count). The lowest BCUT2D eigenvalue weighted by Gasteiger charge is -2.19. The van der Waals surface area contributed by atoms with E-state index in [4.69, 9.17) is 9.47 Å². The Morgan fingerprint density at radius 1 is 0.884 bits per heavy atom. The summed E-state index contributed by atoms with van der Waals surface area (Å²) in [5.41, 5.74) is 7.96. The van der Waals surface area contributed by atoms with Gasteiger partial charge in [0.25, 0.3) is 0 Å². The largest absolute Gasteiger partial charge is 0.467 e. The van der Waals surface area contributed by atoms with Crippen LogP contribution in [0.15, 0.2) is 95.9 Å². The van der Waals surface area contributed by atoms with Crippen LogP contribution in [0.25, 0.3) is 11.1 Å². The van der Waals surface area contributed by atoms with E-state index in [1.54, 1.807) is 24.3 Å². The molecule has 0 bridgehead atoms. The van der Waals surface area contributed by atoms with Crippen molar-refractivity contribution < 1.29 is 27.5 Å². The summed E-state index contributed by atoms with van der Waals surface area (Å²) in [6, 6.07) is 27.6. The van der Waals surface area contributed by atoms with E-state index in [0.717, 1.165) is 44.5 Å². The van der Waals surface area contributed by atoms with Gasteiger partial charge in [-0.3, -0.25) is 0 Å². The van der Waals surface area contributed by atoms with Crippen molar-refractivity contribution in [1.29, 1.82) is 0 Å². The van der Waals surface area contributed by atoms with Crippen LogP contribution in [0.2, 0.25) is 0 Å². The van der Waals surface area contributed by atoms with Crippen LogP contribution >= 0.6 is 0 Å². The van der Waals surface area contributed by atoms with Crippen molar-refractivity contribution in [3.05, 3.63) is 124 Å². The number of esters is 1. The van der Waals surface area contributed by atoms with E-state index in [-0.39, 0.29) is 36.9 Å². The summed E-state index contributed by atoms with van der Waals surface area (Å²) >= 11 is 0. The summed E-state index contributed by atoms with van der Waals surface area (Å²) in [6.45, 7) is 2.53. The number of hydrogen-bond donors (Lipinski definition) is 1. The van der Waals surface area contributed by atoms with Gasteiger partial charge < -0.3 is 14.8 Å². The number of ether oxygens (including phenoxy) is 2. The Balaban J connectivity index is 1.12. The molecule has 1 heterocycles. The monoisotopic (exact) mass is 596 g/mol. The molecule has 0 saturated heterocycles. The maximum absolute atomic E-state index is 13.2. The van der Waals surface area contributed by atoms with Crippen LogP contribution < -0.4 is 5.32 Å². The van der Waals surface area contributed by atoms with Gasteiger partial charge in [-0.1, -0.05) is 84.4 Å². The molecule has 1 aliphatic carbocycles. The van der Waals surface area contributed by atoms with Crippen LogP contribution in [-0.4, -0.2) is 44.5 Å². The summed E-state index contributed by atoms with van der Waals surface area (Å²) in [5.74, 6) is -0.705. The smallest absolute Gasteiger partial charge is 0.407 e. The molecule has 9 heteroatoms. The minimum Gasteiger partial charge on any atom is -0.467 e. The number of fused-ring (bicyclic) bond motifs is 4. The second-order valence-corrected chi connectivity index (χ2v) is 12.9. The quantitative estimate of drug-likeness (QED) is 0.276. The molecule has 0 spiro atoms. The molecule has 0 aromatic heterocycles. The Morgan fingerprint density at radius 2 is 1.51 bits per heavy atom. The fourth-order valence-electron chi connectivity index (χ4n) is 5.93. The Hall–Kier alpha value is -4.47. The lowest BCUT2D eigenvalue weighted by atomic mass is 9.98. The zero-order valence-electron chi connectivity index (χ0n) is 23.9. The molecule has 220 valence electrons. The van der Waals surface area contributed by atoms with Crippen LogP contribution in [0.1, 0.15) is 39.3 Å². The van der Waals surface area contributed by atoms with Crippen molar-refractivity contribution in [2.75, 3.05) is 13.7 Å². The molecule has 4 aromatic carbocycles. The molecule has 0 unspecified atom stereocenters. The predicted molar refractivity (Wildman–Crippen MR) is 162 cm³/mol. The molecule has 0 radical (unpaired) electrons. The zero-order valence-corrected chi connectivity index (χ0v) is 24.8. The zero-order chi connectivity index (χ0) is 30.1. The molecule has 1 atom stereocenters. The van der Waals surface area contributed by atoms with Crippen LogP contribution in [0.3, 0.4) is 0 Å². The minimum atomic E-state index is -3.66. The average molecular weight is 597 g/mol. The summed E-state index contributed by atoms with van der Waals surface area (Å²) in [6.07, 6.45) is -0.553. The predicted octanol–water partition coefficient (Wildman–Crippen LogP) is 5.32. The molecule has 1 N–H and O–H groups in total. The molecule has 8 nitrogen and oxygen atoms in total. The number of carbonyl (C=O) groups excluding carboxylic acids is 2. The van der Waals surface area contributed by atoms with Crippen LogP contribution in [0.4, 0.5) is 4.79 Å². The van der Waals surface area contributed by atoms with Crippen molar-refractivity contribution in [2.24, 2.45) is 0 Å². The molecule has 43 heavy (non-hydrogen) atoms. The highest BCUT2D eigenvalue weighted by atomic mass is 32.2. The maximum Gasteiger partial charge on any atom is 0.407 e. The summed E-state index contributed by atoms with van der Waals surface area (Å²) in [5, 5.41) is 2.67. The first-order valence-electron chi connectivity index (χ1n) is 14.1. The summed E-state index contributed by atoms with van der Waals surface area (Å²) in [4.78, 5) is 25.8. The number of aryl methyl sites for hydroxylation is 1. The number of hydrogen-bond acceptors (Lipinski definition) is 6. The van der Waals surface area contributed by atoms with Crippen molar-refractivity contribution in [3.63, 3.8) is 0 Å². The van der Waals surface area contributed by atoms with E-state index < -0.39 is 28.1 Å². The first kappa shape index (κ1) is 28.6. The Kier molecular flexibility index (Phi) is 7.77. The number of benzene rings is 4. The highest BCUT2D eigenvalue weighted by Gasteiger charge is 2.32. The van der Waals surface area contributed by atoms with Crippen molar-refractivity contribution >= 4 is 22.1 Å². The molecular formula is C34H32N2O6S. The molecule has 0 saturated carbocycles. The van der Waals surface area contributed by atoms with Crippen LogP contribution in [0, 0.1) is 6.92 Å². The van der Waals surface area contributed by atoms with Crippen molar-refractivity contribution in [1.82, 2.24) is 9.62 Å². The van der Waals surface area contributed by atoms with E-state index in [2.05, 4.69) is 17.4 Å². The second kappa shape index (κ2) is 11.7. The van der Waals surface area contributed by atoms with Gasteiger partial charge in [0, 0.05) is 25.4 Å². The van der Waals surface area contributed by atoms with E-state index in [9.17, 15) is 18.0 Å². The normalized spacial score (nSPS) is 14.8. The summed E-state index contributed by atoms with van der Waals surface area (Å²) < 4.78 is 38.5. The molecule has 1 aliphatic heterocycles. The van der Waals surface area contributed by atoms with Crippen LogP contribution in [0.5, 0.6) is 0 Å². The Bertz CT molecular complexity index is 1760. The third kappa shape index (κ3) is 5.66. The minimum absolute atomic E-state index is 0.106. The number of carbonyl (C=O) groups is 2. The Labute approximate surface area is 251 Å². The topological polar surface area (TPSA) is 102 Å². The van der Waals surface area contributed by atoms with E-state index in [0.29, 0.717) is 0 Å². The fourth-order valence-corrected chi connectivity index (χ4v) is 7.32. The van der Waals surface area contributed by atoms with Gasteiger partial charge in [-0.05, 0) is 58.0 Å². The number of nitrogens with zero attached hydrogens (tertiary/aromatic N) is 1. The van der Waals surface area contributed by atoms with Crippen molar-refractivity contribution in [3.8, 4) is 11.1 Å². The number of sulfonamides is 1. The lowest BCUT2D eigenvalue weighted by Crippen LogP contribution is -2.43. The molecule has 1 amide bonds. The number of amides is 1. The number of methoxy groups -OCH3 is 1. The van der Waals surface area contributed by atoms with Gasteiger partial charge >= 0.3 is 12.1 Å². The van der Waals surface area contributed by atoms with E-state index >= 15 is 0 Å². The highest BCUT2D eigenvalue weighted by molar-refractivity contribution is 7.89. The van der Waals surface area contributed by atoms with Gasteiger partial charge in [-0.2, -0.15) is 4.31 Å². The second-order valence-electron chi connectivity index (χ2n) is 10.9. The first-order chi connectivity index (χ1) is 20.7. The first-order valence-corrected chi connectivity index (χ1v) is 15.6. The van der Waals surface area contributed by atoms with Gasteiger partial charge in [-0.25, -0.2) is 18.0 Å². The van der Waals surface area contributed by atoms with E-state index in [1.165, 1.54) is 11.4 Å². The maximum atomic E-state index is 13.2. The molecular weight excluding hydrogens is 564 g/mol. The van der Waals surface area contributed by atoms with Crippen LogP contribution in [-0.2, 0) is 43.8 Å². The SMILES string of the molecule is COC(=O)[C@H](Cc1ccc2c(c1)CN(S(=O)(=O)c1ccc(C)cc1)C2)NC(=O)OCC1c2ccccc2-c2ccccc21. The lowest BCUT2D eigenvalue weighted by molar-refractivity contribution is -0.143. The van der Waals surface area contributed by atoms with Gasteiger partial charge in [0.15, 0.2) is 0 Å². The molecule has 4 aromatic rings. The summed E-state index contributed by atoms with van der Waals surface area (Å²) in [7, 11) is -2.39. The third-order valence-corrected chi connectivity index (χ3v) is 9.99. The van der Waals surface area contributed by atoms with Gasteiger partial charge in [-0.15, -0.1) is 0 Å². The fraction of sp³-hybridized carbons (Fsp3) is 0.235. The molecule has 0 fully saturated rings. The third-order valence-electron chi connectivity index (χ3n) is 8.18. The average Bonchev–Trinajstić information content (AvgIpc) is 3.59. The van der Waals surface area contributed by atoms with E-state index in [1.807, 2.05) is 61.5 Å². The Morgan fingerprint density at radius 3 is 2.16 bits per heavy atom.